The SMILES string of the molecule is C[C@@]1(CCc2ccccc2)NC(=O)N(Cc2ccccc2Br)C1=O. The van der Waals surface area contributed by atoms with Crippen LogP contribution in [0, 0.1) is 0 Å². The summed E-state index contributed by atoms with van der Waals surface area (Å²) in [4.78, 5) is 26.4. The van der Waals surface area contributed by atoms with Gasteiger partial charge in [-0.05, 0) is 37.0 Å². The van der Waals surface area contributed by atoms with Crippen LogP contribution in [0.4, 0.5) is 4.79 Å². The molecule has 1 heterocycles. The van der Waals surface area contributed by atoms with Crippen LogP contribution in [0.3, 0.4) is 0 Å². The topological polar surface area (TPSA) is 49.4 Å². The van der Waals surface area contributed by atoms with Gasteiger partial charge in [-0.3, -0.25) is 9.69 Å². The summed E-state index contributed by atoms with van der Waals surface area (Å²) in [5.74, 6) is -0.167. The van der Waals surface area contributed by atoms with Crippen molar-refractivity contribution in [1.82, 2.24) is 10.2 Å². The fourth-order valence-electron chi connectivity index (χ4n) is 2.90. The molecular formula is C19H19BrN2O2. The highest BCUT2D eigenvalue weighted by atomic mass is 79.9. The molecule has 1 N–H and O–H groups in total. The number of hydrogen-bond donors (Lipinski definition) is 1. The molecule has 1 atom stereocenters. The normalized spacial score (nSPS) is 20.3. The van der Waals surface area contributed by atoms with E-state index in [1.165, 1.54) is 4.90 Å². The van der Waals surface area contributed by atoms with Gasteiger partial charge in [0.1, 0.15) is 5.54 Å². The van der Waals surface area contributed by atoms with Crippen molar-refractivity contribution >= 4 is 27.9 Å². The van der Waals surface area contributed by atoms with Crippen molar-refractivity contribution in [2.45, 2.75) is 31.8 Å². The van der Waals surface area contributed by atoms with Gasteiger partial charge in [-0.1, -0.05) is 64.5 Å². The van der Waals surface area contributed by atoms with E-state index in [9.17, 15) is 9.59 Å². The van der Waals surface area contributed by atoms with Crippen molar-refractivity contribution in [1.29, 1.82) is 0 Å². The molecule has 1 saturated heterocycles. The van der Waals surface area contributed by atoms with E-state index in [0.717, 1.165) is 22.0 Å². The van der Waals surface area contributed by atoms with Gasteiger partial charge in [0, 0.05) is 4.47 Å². The fraction of sp³-hybridized carbons (Fsp3) is 0.263. The van der Waals surface area contributed by atoms with Gasteiger partial charge in [0.15, 0.2) is 0 Å². The molecule has 2 aromatic rings. The summed E-state index contributed by atoms with van der Waals surface area (Å²) < 4.78 is 0.892. The number of halogens is 1. The predicted octanol–water partition coefficient (Wildman–Crippen LogP) is 3.89. The lowest BCUT2D eigenvalue weighted by molar-refractivity contribution is -0.131. The highest BCUT2D eigenvalue weighted by molar-refractivity contribution is 9.10. The molecule has 1 fully saturated rings. The van der Waals surface area contributed by atoms with E-state index >= 15 is 0 Å². The van der Waals surface area contributed by atoms with Gasteiger partial charge >= 0.3 is 6.03 Å². The third kappa shape index (κ3) is 3.36. The van der Waals surface area contributed by atoms with Crippen LogP contribution in [0.1, 0.15) is 24.5 Å². The van der Waals surface area contributed by atoms with Crippen molar-refractivity contribution in [3.63, 3.8) is 0 Å². The zero-order chi connectivity index (χ0) is 17.2. The third-order valence-electron chi connectivity index (χ3n) is 4.39. The molecule has 4 nitrogen and oxygen atoms in total. The molecule has 0 aliphatic carbocycles. The Labute approximate surface area is 150 Å². The number of benzene rings is 2. The van der Waals surface area contributed by atoms with Gasteiger partial charge in [-0.25, -0.2) is 4.79 Å². The number of nitrogens with one attached hydrogen (secondary N) is 1. The number of amides is 3. The van der Waals surface area contributed by atoms with Gasteiger partial charge in [-0.2, -0.15) is 0 Å². The molecule has 3 amide bonds. The Hall–Kier alpha value is -2.14. The Balaban J connectivity index is 1.72. The van der Waals surface area contributed by atoms with E-state index in [1.54, 1.807) is 6.92 Å². The second-order valence-corrected chi connectivity index (χ2v) is 7.08. The molecule has 3 rings (SSSR count). The van der Waals surface area contributed by atoms with Gasteiger partial charge in [0.2, 0.25) is 0 Å². The first-order chi connectivity index (χ1) is 11.5. The Morgan fingerprint density at radius 3 is 2.42 bits per heavy atom. The van der Waals surface area contributed by atoms with Crippen LogP contribution < -0.4 is 5.32 Å². The molecule has 1 aliphatic heterocycles. The average molecular weight is 387 g/mol. The molecule has 5 heteroatoms. The first kappa shape index (κ1) is 16.7. The maximum atomic E-state index is 12.8. The number of hydrogen-bond acceptors (Lipinski definition) is 2. The van der Waals surface area contributed by atoms with E-state index in [1.807, 2.05) is 54.6 Å². The van der Waals surface area contributed by atoms with Gasteiger partial charge in [0.05, 0.1) is 6.54 Å². The zero-order valence-electron chi connectivity index (χ0n) is 13.5. The van der Waals surface area contributed by atoms with Crippen molar-refractivity contribution in [3.8, 4) is 0 Å². The molecule has 0 saturated carbocycles. The lowest BCUT2D eigenvalue weighted by Gasteiger charge is -2.22. The molecule has 0 bridgehead atoms. The number of carbonyl (C=O) groups is 2. The highest BCUT2D eigenvalue weighted by Crippen LogP contribution is 2.26. The van der Waals surface area contributed by atoms with Crippen LogP contribution in [0.5, 0.6) is 0 Å². The van der Waals surface area contributed by atoms with Crippen LogP contribution in [-0.4, -0.2) is 22.4 Å². The smallest absolute Gasteiger partial charge is 0.323 e. The van der Waals surface area contributed by atoms with E-state index in [-0.39, 0.29) is 18.5 Å². The number of carbonyl (C=O) groups excluding carboxylic acids is 2. The second kappa shape index (κ2) is 6.77. The summed E-state index contributed by atoms with van der Waals surface area (Å²) in [6, 6.07) is 17.3. The first-order valence-corrected chi connectivity index (χ1v) is 8.70. The van der Waals surface area contributed by atoms with E-state index in [4.69, 9.17) is 0 Å². The maximum Gasteiger partial charge on any atom is 0.325 e. The lowest BCUT2D eigenvalue weighted by Crippen LogP contribution is -2.44. The predicted molar refractivity (Wildman–Crippen MR) is 96.4 cm³/mol. The number of imide groups is 1. The molecule has 2 aromatic carbocycles. The monoisotopic (exact) mass is 386 g/mol. The zero-order valence-corrected chi connectivity index (χ0v) is 15.0. The average Bonchev–Trinajstić information content (AvgIpc) is 2.80. The largest absolute Gasteiger partial charge is 0.325 e. The van der Waals surface area contributed by atoms with Gasteiger partial charge < -0.3 is 5.32 Å². The number of urea groups is 1. The van der Waals surface area contributed by atoms with Crippen LogP contribution in [-0.2, 0) is 17.8 Å². The van der Waals surface area contributed by atoms with Crippen LogP contribution in [0.2, 0.25) is 0 Å². The summed E-state index contributed by atoms with van der Waals surface area (Å²) in [7, 11) is 0. The van der Waals surface area contributed by atoms with Crippen molar-refractivity contribution in [2.75, 3.05) is 0 Å². The summed E-state index contributed by atoms with van der Waals surface area (Å²) in [5, 5.41) is 2.86. The van der Waals surface area contributed by atoms with Gasteiger partial charge in [0.25, 0.3) is 5.91 Å². The molecule has 0 radical (unpaired) electrons. The fourth-order valence-corrected chi connectivity index (χ4v) is 3.31. The summed E-state index contributed by atoms with van der Waals surface area (Å²) in [6.45, 7) is 2.07. The minimum atomic E-state index is -0.853. The highest BCUT2D eigenvalue weighted by Gasteiger charge is 2.47. The number of rotatable bonds is 5. The Kier molecular flexibility index (Phi) is 4.71. The maximum absolute atomic E-state index is 12.8. The molecule has 1 aliphatic rings. The van der Waals surface area contributed by atoms with Crippen LogP contribution in [0.25, 0.3) is 0 Å². The van der Waals surface area contributed by atoms with Crippen molar-refractivity contribution < 1.29 is 9.59 Å². The first-order valence-electron chi connectivity index (χ1n) is 7.91. The Morgan fingerprint density at radius 1 is 1.04 bits per heavy atom. The molecule has 124 valence electrons. The minimum absolute atomic E-state index is 0.167. The van der Waals surface area contributed by atoms with Crippen LogP contribution in [0.15, 0.2) is 59.1 Å². The van der Waals surface area contributed by atoms with Gasteiger partial charge in [-0.15, -0.1) is 0 Å². The van der Waals surface area contributed by atoms with Crippen molar-refractivity contribution in [3.05, 3.63) is 70.2 Å². The third-order valence-corrected chi connectivity index (χ3v) is 5.16. The van der Waals surface area contributed by atoms with E-state index in [0.29, 0.717) is 6.42 Å². The van der Waals surface area contributed by atoms with E-state index < -0.39 is 5.54 Å². The summed E-state index contributed by atoms with van der Waals surface area (Å²) in [6.07, 6.45) is 1.32. The Bertz CT molecular complexity index is 763. The second-order valence-electron chi connectivity index (χ2n) is 6.23. The lowest BCUT2D eigenvalue weighted by atomic mass is 9.93. The van der Waals surface area contributed by atoms with Crippen molar-refractivity contribution in [2.24, 2.45) is 0 Å². The Morgan fingerprint density at radius 2 is 1.71 bits per heavy atom. The molecule has 0 aromatic heterocycles. The standard InChI is InChI=1S/C19H19BrN2O2/c1-19(12-11-14-7-3-2-4-8-14)17(23)22(18(24)21-19)13-15-9-5-6-10-16(15)20/h2-10H,11-13H2,1H3,(H,21,24)/t19-/m0/s1. The molecule has 0 spiro atoms. The molecule has 24 heavy (non-hydrogen) atoms. The molecular weight excluding hydrogens is 368 g/mol. The summed E-state index contributed by atoms with van der Waals surface area (Å²) >= 11 is 3.46. The minimum Gasteiger partial charge on any atom is -0.323 e. The van der Waals surface area contributed by atoms with Crippen LogP contribution >= 0.6 is 15.9 Å². The number of nitrogens with zero attached hydrogens (tertiary/aromatic N) is 1. The van der Waals surface area contributed by atoms with E-state index in [2.05, 4.69) is 21.2 Å². The summed E-state index contributed by atoms with van der Waals surface area (Å²) in [5.41, 5.74) is 1.21. The quantitative estimate of drug-likeness (QED) is 0.792. The number of aryl methyl sites for hydroxylation is 1. The molecule has 0 unspecified atom stereocenters.